The summed E-state index contributed by atoms with van der Waals surface area (Å²) in [5.74, 6) is 1.01. The van der Waals surface area contributed by atoms with E-state index < -0.39 is 11.6 Å². The molecule has 0 radical (unpaired) electrons. The van der Waals surface area contributed by atoms with Crippen molar-refractivity contribution >= 4 is 0 Å². The van der Waals surface area contributed by atoms with E-state index in [1.165, 1.54) is 37.8 Å². The zero-order valence-corrected chi connectivity index (χ0v) is 21.3. The lowest BCUT2D eigenvalue weighted by molar-refractivity contribution is 0.596. The maximum Gasteiger partial charge on any atom is 0.133 e. The number of halogens is 2. The molecular weight excluding hydrogens is 430 g/mol. The van der Waals surface area contributed by atoms with E-state index in [2.05, 4.69) is 23.8 Å². The third kappa shape index (κ3) is 5.94. The van der Waals surface area contributed by atoms with E-state index in [0.717, 1.165) is 50.2 Å². The monoisotopic (exact) mass is 470 g/mol. The van der Waals surface area contributed by atoms with Gasteiger partial charge in [-0.25, -0.2) is 18.7 Å². The smallest absolute Gasteiger partial charge is 0.133 e. The summed E-state index contributed by atoms with van der Waals surface area (Å²) in [5, 5.41) is 0. The number of unbranched alkanes of at least 4 members (excludes halogenated alkanes) is 6. The molecule has 0 saturated heterocycles. The summed E-state index contributed by atoms with van der Waals surface area (Å²) >= 11 is 0. The molecule has 2 heterocycles. The van der Waals surface area contributed by atoms with Crippen LogP contribution in [0.1, 0.15) is 90.7 Å². The Bertz CT molecular complexity index is 967. The number of aromatic nitrogens is 4. The first-order valence-corrected chi connectivity index (χ1v) is 13.1. The van der Waals surface area contributed by atoms with Gasteiger partial charge in [-0.2, -0.15) is 0 Å². The molecule has 186 valence electrons. The van der Waals surface area contributed by atoms with E-state index in [9.17, 15) is 0 Å². The molecule has 2 aromatic heterocycles. The van der Waals surface area contributed by atoms with Gasteiger partial charge >= 0.3 is 0 Å². The fourth-order valence-electron chi connectivity index (χ4n) is 4.72. The van der Waals surface area contributed by atoms with E-state index in [0.29, 0.717) is 24.5 Å². The van der Waals surface area contributed by atoms with E-state index in [-0.39, 0.29) is 11.1 Å². The molecule has 4 nitrogen and oxygen atoms in total. The topological polar surface area (TPSA) is 35.6 Å². The fraction of sp³-hybridized carbons (Fsp3) is 0.571. The van der Waals surface area contributed by atoms with Gasteiger partial charge in [-0.05, 0) is 38.8 Å². The number of hydrogen-bond acceptors (Lipinski definition) is 2. The third-order valence-corrected chi connectivity index (χ3v) is 6.63. The highest BCUT2D eigenvalue weighted by atomic mass is 19.1. The van der Waals surface area contributed by atoms with Gasteiger partial charge in [-0.1, -0.05) is 52.4 Å². The normalized spacial score (nSPS) is 11.5. The molecule has 0 spiro atoms. The van der Waals surface area contributed by atoms with Gasteiger partial charge in [0.05, 0.1) is 23.8 Å². The van der Waals surface area contributed by atoms with Crippen molar-refractivity contribution in [2.75, 3.05) is 0 Å². The fourth-order valence-corrected chi connectivity index (χ4v) is 4.72. The van der Waals surface area contributed by atoms with Crippen molar-refractivity contribution in [2.45, 2.75) is 105 Å². The summed E-state index contributed by atoms with van der Waals surface area (Å²) in [4.78, 5) is 9.09. The minimum Gasteiger partial charge on any atom is -0.328 e. The van der Waals surface area contributed by atoms with E-state index in [4.69, 9.17) is 0 Å². The highest BCUT2D eigenvalue weighted by molar-refractivity contribution is 5.68. The lowest BCUT2D eigenvalue weighted by Gasteiger charge is -2.14. The largest absolute Gasteiger partial charge is 0.328 e. The second-order valence-electron chi connectivity index (χ2n) is 9.04. The molecule has 0 aliphatic heterocycles. The average molecular weight is 471 g/mol. The molecule has 3 aromatic rings. The molecule has 0 bridgehead atoms. The van der Waals surface area contributed by atoms with Crippen LogP contribution in [0.15, 0.2) is 24.5 Å². The Morgan fingerprint density at radius 1 is 0.618 bits per heavy atom. The van der Waals surface area contributed by atoms with Gasteiger partial charge in [0.25, 0.3) is 0 Å². The number of hydrogen-bond donors (Lipinski definition) is 0. The van der Waals surface area contributed by atoms with Crippen molar-refractivity contribution in [1.82, 2.24) is 19.1 Å². The Labute approximate surface area is 203 Å². The molecule has 0 N–H and O–H groups in total. The average Bonchev–Trinajstić information content (AvgIpc) is 3.44. The standard InChI is InChI=1S/C28H40F2N4/c1-5-9-11-13-15-27-31-19-25(33(27)7-3)21-17-24(30)22(18-23(21)29)26-20-32-28(34(26)8-4)16-14-12-10-6-2/h17-20H,5-16H2,1-4H3. The number of rotatable bonds is 14. The quantitative estimate of drug-likeness (QED) is 0.224. The number of nitrogens with zero attached hydrogens (tertiary/aromatic N) is 4. The Balaban J connectivity index is 1.88. The lowest BCUT2D eigenvalue weighted by atomic mass is 10.1. The van der Waals surface area contributed by atoms with Crippen LogP contribution in [-0.2, 0) is 25.9 Å². The van der Waals surface area contributed by atoms with Crippen molar-refractivity contribution in [2.24, 2.45) is 0 Å². The highest BCUT2D eigenvalue weighted by Crippen LogP contribution is 2.32. The minimum absolute atomic E-state index is 0.262. The van der Waals surface area contributed by atoms with Gasteiger partial charge < -0.3 is 9.13 Å². The predicted molar refractivity (Wildman–Crippen MR) is 136 cm³/mol. The van der Waals surface area contributed by atoms with Gasteiger partial charge in [0.15, 0.2) is 0 Å². The molecule has 0 aliphatic rings. The van der Waals surface area contributed by atoms with Crippen LogP contribution >= 0.6 is 0 Å². The highest BCUT2D eigenvalue weighted by Gasteiger charge is 2.20. The van der Waals surface area contributed by atoms with Crippen LogP contribution in [0, 0.1) is 11.6 Å². The molecule has 0 unspecified atom stereocenters. The molecule has 0 fully saturated rings. The Morgan fingerprint density at radius 2 is 1.03 bits per heavy atom. The van der Waals surface area contributed by atoms with Crippen LogP contribution in [0.25, 0.3) is 22.5 Å². The van der Waals surface area contributed by atoms with Gasteiger partial charge in [-0.3, -0.25) is 0 Å². The van der Waals surface area contributed by atoms with E-state index in [1.54, 1.807) is 12.4 Å². The maximum absolute atomic E-state index is 15.4. The Hall–Kier alpha value is -2.50. The molecule has 3 rings (SSSR count). The first kappa shape index (κ1) is 26.1. The van der Waals surface area contributed by atoms with Crippen molar-refractivity contribution in [3.63, 3.8) is 0 Å². The van der Waals surface area contributed by atoms with Crippen LogP contribution < -0.4 is 0 Å². The summed E-state index contributed by atoms with van der Waals surface area (Å²) in [7, 11) is 0. The minimum atomic E-state index is -0.433. The second kappa shape index (κ2) is 12.8. The van der Waals surface area contributed by atoms with Crippen LogP contribution in [0.5, 0.6) is 0 Å². The number of benzene rings is 1. The van der Waals surface area contributed by atoms with Gasteiger partial charge in [0.1, 0.15) is 23.3 Å². The van der Waals surface area contributed by atoms with Crippen molar-refractivity contribution in [3.8, 4) is 22.5 Å². The first-order valence-electron chi connectivity index (χ1n) is 13.1. The van der Waals surface area contributed by atoms with E-state index in [1.807, 2.05) is 23.0 Å². The van der Waals surface area contributed by atoms with Gasteiger partial charge in [-0.15, -0.1) is 0 Å². The van der Waals surface area contributed by atoms with Crippen molar-refractivity contribution < 1.29 is 8.78 Å². The zero-order chi connectivity index (χ0) is 24.5. The maximum atomic E-state index is 15.4. The SMILES string of the molecule is CCCCCCc1ncc(-c2cc(F)c(-c3cnc(CCCCCC)n3CC)cc2F)n1CC. The summed E-state index contributed by atoms with van der Waals surface area (Å²) in [6.45, 7) is 9.76. The van der Waals surface area contributed by atoms with Gasteiger partial charge in [0, 0.05) is 37.1 Å². The van der Waals surface area contributed by atoms with Crippen LogP contribution in [-0.4, -0.2) is 19.1 Å². The molecule has 1 aromatic carbocycles. The van der Waals surface area contributed by atoms with Crippen LogP contribution in [0.4, 0.5) is 8.78 Å². The molecule has 0 saturated carbocycles. The molecule has 34 heavy (non-hydrogen) atoms. The molecular formula is C28H40F2N4. The Morgan fingerprint density at radius 3 is 1.38 bits per heavy atom. The van der Waals surface area contributed by atoms with Crippen LogP contribution in [0.2, 0.25) is 0 Å². The number of imidazole rings is 2. The molecule has 0 aliphatic carbocycles. The van der Waals surface area contributed by atoms with Crippen LogP contribution in [0.3, 0.4) is 0 Å². The lowest BCUT2D eigenvalue weighted by Crippen LogP contribution is -2.06. The zero-order valence-electron chi connectivity index (χ0n) is 21.3. The van der Waals surface area contributed by atoms with Gasteiger partial charge in [0.2, 0.25) is 0 Å². The predicted octanol–water partition coefficient (Wildman–Crippen LogP) is 7.98. The Kier molecular flexibility index (Phi) is 9.85. The number of aryl methyl sites for hydroxylation is 2. The molecule has 0 atom stereocenters. The van der Waals surface area contributed by atoms with E-state index >= 15 is 8.78 Å². The molecule has 6 heteroatoms. The summed E-state index contributed by atoms with van der Waals surface area (Å²) in [6.07, 6.45) is 14.3. The van der Waals surface area contributed by atoms with Crippen molar-refractivity contribution in [1.29, 1.82) is 0 Å². The third-order valence-electron chi connectivity index (χ3n) is 6.63. The summed E-state index contributed by atoms with van der Waals surface area (Å²) in [6, 6.07) is 2.64. The molecule has 0 amide bonds. The van der Waals surface area contributed by atoms with Crippen molar-refractivity contribution in [3.05, 3.63) is 47.8 Å². The summed E-state index contributed by atoms with van der Waals surface area (Å²) in [5.41, 5.74) is 1.80. The first-order chi connectivity index (χ1) is 16.5. The second-order valence-corrected chi connectivity index (χ2v) is 9.04. The summed E-state index contributed by atoms with van der Waals surface area (Å²) < 4.78 is 34.8.